The first kappa shape index (κ1) is 12.1. The van der Waals surface area contributed by atoms with E-state index in [-0.39, 0.29) is 5.69 Å². The first-order chi connectivity index (χ1) is 8.69. The lowest BCUT2D eigenvalue weighted by atomic mass is 10.2. The van der Waals surface area contributed by atoms with Gasteiger partial charge in [-0.15, -0.1) is 0 Å². The molecule has 0 aliphatic heterocycles. The summed E-state index contributed by atoms with van der Waals surface area (Å²) < 4.78 is 5.56. The van der Waals surface area contributed by atoms with Gasteiger partial charge in [0.2, 0.25) is 0 Å². The zero-order valence-corrected chi connectivity index (χ0v) is 9.67. The van der Waals surface area contributed by atoms with Crippen molar-refractivity contribution in [1.29, 1.82) is 0 Å². The van der Waals surface area contributed by atoms with Crippen LogP contribution in [0.3, 0.4) is 0 Å². The van der Waals surface area contributed by atoms with Crippen LogP contribution in [0.4, 0.5) is 0 Å². The molecule has 5 heteroatoms. The highest BCUT2D eigenvalue weighted by atomic mass is 16.5. The summed E-state index contributed by atoms with van der Waals surface area (Å²) in [5, 5.41) is 0. The minimum atomic E-state index is -0.561. The maximum atomic E-state index is 10.8. The molecule has 0 fully saturated rings. The molecule has 0 atom stereocenters. The van der Waals surface area contributed by atoms with E-state index in [4.69, 9.17) is 16.2 Å². The lowest BCUT2D eigenvalue weighted by Crippen LogP contribution is -2.12. The molecular formula is C13H13N3O2. The Labute approximate surface area is 104 Å². The van der Waals surface area contributed by atoms with Gasteiger partial charge in [-0.05, 0) is 29.8 Å². The van der Waals surface area contributed by atoms with Crippen LogP contribution < -0.4 is 16.2 Å². The Morgan fingerprint density at radius 1 is 1.11 bits per heavy atom. The van der Waals surface area contributed by atoms with Crippen molar-refractivity contribution >= 4 is 5.91 Å². The third-order valence-corrected chi connectivity index (χ3v) is 2.38. The Morgan fingerprint density at radius 2 is 1.78 bits per heavy atom. The van der Waals surface area contributed by atoms with E-state index in [2.05, 4.69) is 4.98 Å². The van der Waals surface area contributed by atoms with Crippen LogP contribution in [0, 0.1) is 0 Å². The number of carbonyl (C=O) groups excluding carboxylic acids is 1. The predicted octanol–water partition coefficient (Wildman–Crippen LogP) is 1.43. The largest absolute Gasteiger partial charge is 0.456 e. The Kier molecular flexibility index (Phi) is 3.54. The molecular weight excluding hydrogens is 230 g/mol. The first-order valence-electron chi connectivity index (χ1n) is 5.42. The van der Waals surface area contributed by atoms with Crippen molar-refractivity contribution in [2.24, 2.45) is 11.5 Å². The zero-order chi connectivity index (χ0) is 13.0. The van der Waals surface area contributed by atoms with E-state index >= 15 is 0 Å². The third kappa shape index (κ3) is 2.83. The molecule has 0 aliphatic rings. The number of rotatable bonds is 4. The summed E-state index contributed by atoms with van der Waals surface area (Å²) in [4.78, 5) is 14.7. The molecule has 1 amide bonds. The highest BCUT2D eigenvalue weighted by Crippen LogP contribution is 2.20. The zero-order valence-electron chi connectivity index (χ0n) is 9.67. The van der Waals surface area contributed by atoms with E-state index < -0.39 is 5.91 Å². The van der Waals surface area contributed by atoms with E-state index in [1.807, 2.05) is 24.3 Å². The Bertz CT molecular complexity index is 535. The van der Waals surface area contributed by atoms with Gasteiger partial charge in [0.05, 0.1) is 6.20 Å². The number of pyridine rings is 1. The van der Waals surface area contributed by atoms with Gasteiger partial charge in [0.1, 0.15) is 17.2 Å². The SMILES string of the molecule is NCc1ccc(Oc2ccc(C(N)=O)nc2)cc1. The van der Waals surface area contributed by atoms with Crippen LogP contribution in [-0.4, -0.2) is 10.9 Å². The van der Waals surface area contributed by atoms with Gasteiger partial charge < -0.3 is 16.2 Å². The van der Waals surface area contributed by atoms with Gasteiger partial charge in [-0.1, -0.05) is 12.1 Å². The molecule has 0 aliphatic carbocycles. The number of ether oxygens (including phenoxy) is 1. The number of aromatic nitrogens is 1. The number of nitrogens with zero attached hydrogens (tertiary/aromatic N) is 1. The van der Waals surface area contributed by atoms with Crippen LogP contribution in [-0.2, 0) is 6.54 Å². The fourth-order valence-corrected chi connectivity index (χ4v) is 1.42. The van der Waals surface area contributed by atoms with Gasteiger partial charge in [0, 0.05) is 6.54 Å². The molecule has 0 unspecified atom stereocenters. The number of primary amides is 1. The summed E-state index contributed by atoms with van der Waals surface area (Å²) in [7, 11) is 0. The first-order valence-corrected chi connectivity index (χ1v) is 5.42. The molecule has 1 aromatic carbocycles. The van der Waals surface area contributed by atoms with E-state index in [0.29, 0.717) is 18.0 Å². The van der Waals surface area contributed by atoms with Crippen molar-refractivity contribution in [1.82, 2.24) is 4.98 Å². The second-order valence-corrected chi connectivity index (χ2v) is 3.69. The van der Waals surface area contributed by atoms with Crippen molar-refractivity contribution in [2.45, 2.75) is 6.54 Å². The van der Waals surface area contributed by atoms with Crippen LogP contribution in [0.1, 0.15) is 16.1 Å². The van der Waals surface area contributed by atoms with Gasteiger partial charge in [-0.3, -0.25) is 4.79 Å². The summed E-state index contributed by atoms with van der Waals surface area (Å²) >= 11 is 0. The molecule has 2 aromatic rings. The molecule has 0 bridgehead atoms. The van der Waals surface area contributed by atoms with Crippen molar-refractivity contribution in [3.05, 3.63) is 53.9 Å². The number of hydrogen-bond donors (Lipinski definition) is 2. The lowest BCUT2D eigenvalue weighted by Gasteiger charge is -2.06. The third-order valence-electron chi connectivity index (χ3n) is 2.38. The number of hydrogen-bond acceptors (Lipinski definition) is 4. The molecule has 0 saturated heterocycles. The minimum Gasteiger partial charge on any atom is -0.456 e. The second kappa shape index (κ2) is 5.29. The van der Waals surface area contributed by atoms with E-state index in [9.17, 15) is 4.79 Å². The van der Waals surface area contributed by atoms with Gasteiger partial charge in [0.25, 0.3) is 5.91 Å². The topological polar surface area (TPSA) is 91.2 Å². The van der Waals surface area contributed by atoms with Crippen molar-refractivity contribution in [3.63, 3.8) is 0 Å². The smallest absolute Gasteiger partial charge is 0.267 e. The van der Waals surface area contributed by atoms with Crippen LogP contribution >= 0.6 is 0 Å². The molecule has 5 nitrogen and oxygen atoms in total. The summed E-state index contributed by atoms with van der Waals surface area (Å²) in [6, 6.07) is 10.6. The van der Waals surface area contributed by atoms with Crippen LogP contribution in [0.5, 0.6) is 11.5 Å². The second-order valence-electron chi connectivity index (χ2n) is 3.69. The Morgan fingerprint density at radius 3 is 2.28 bits per heavy atom. The van der Waals surface area contributed by atoms with Crippen molar-refractivity contribution in [3.8, 4) is 11.5 Å². The lowest BCUT2D eigenvalue weighted by molar-refractivity contribution is 0.0995. The monoisotopic (exact) mass is 243 g/mol. The van der Waals surface area contributed by atoms with E-state index in [1.165, 1.54) is 12.3 Å². The standard InChI is InChI=1S/C13H13N3O2/c14-7-9-1-3-10(4-2-9)18-11-5-6-12(13(15)17)16-8-11/h1-6,8H,7,14H2,(H2,15,17). The highest BCUT2D eigenvalue weighted by molar-refractivity contribution is 5.90. The maximum Gasteiger partial charge on any atom is 0.267 e. The number of benzene rings is 1. The molecule has 1 aromatic heterocycles. The van der Waals surface area contributed by atoms with Crippen molar-refractivity contribution < 1.29 is 9.53 Å². The van der Waals surface area contributed by atoms with Crippen molar-refractivity contribution in [2.75, 3.05) is 0 Å². The average Bonchev–Trinajstić information content (AvgIpc) is 2.40. The average molecular weight is 243 g/mol. The molecule has 1 heterocycles. The van der Waals surface area contributed by atoms with Gasteiger partial charge in [-0.2, -0.15) is 0 Å². The fourth-order valence-electron chi connectivity index (χ4n) is 1.42. The van der Waals surface area contributed by atoms with E-state index in [1.54, 1.807) is 6.07 Å². The van der Waals surface area contributed by atoms with Crippen LogP contribution in [0.2, 0.25) is 0 Å². The summed E-state index contributed by atoms with van der Waals surface area (Å²) in [5.41, 5.74) is 11.8. The molecule has 92 valence electrons. The maximum absolute atomic E-state index is 10.8. The van der Waals surface area contributed by atoms with Crippen LogP contribution in [0.15, 0.2) is 42.6 Å². The Balaban J connectivity index is 2.10. The molecule has 0 radical (unpaired) electrons. The van der Waals surface area contributed by atoms with Gasteiger partial charge in [-0.25, -0.2) is 4.98 Å². The number of carbonyl (C=O) groups is 1. The predicted molar refractivity (Wildman–Crippen MR) is 67.2 cm³/mol. The molecule has 4 N–H and O–H groups in total. The Hall–Kier alpha value is -2.40. The van der Waals surface area contributed by atoms with Gasteiger partial charge >= 0.3 is 0 Å². The number of nitrogens with two attached hydrogens (primary N) is 2. The molecule has 18 heavy (non-hydrogen) atoms. The molecule has 0 saturated carbocycles. The summed E-state index contributed by atoms with van der Waals surface area (Å²) in [6.45, 7) is 0.495. The normalized spacial score (nSPS) is 10.1. The quantitative estimate of drug-likeness (QED) is 0.849. The molecule has 0 spiro atoms. The summed E-state index contributed by atoms with van der Waals surface area (Å²) in [6.07, 6.45) is 1.46. The summed E-state index contributed by atoms with van der Waals surface area (Å²) in [5.74, 6) is 0.662. The molecule has 2 rings (SSSR count). The number of amides is 1. The van der Waals surface area contributed by atoms with Gasteiger partial charge in [0.15, 0.2) is 0 Å². The minimum absolute atomic E-state index is 0.209. The van der Waals surface area contributed by atoms with Crippen LogP contribution in [0.25, 0.3) is 0 Å². The highest BCUT2D eigenvalue weighted by Gasteiger charge is 2.02. The van der Waals surface area contributed by atoms with E-state index in [0.717, 1.165) is 5.56 Å². The fraction of sp³-hybridized carbons (Fsp3) is 0.0769.